The van der Waals surface area contributed by atoms with Gasteiger partial charge in [-0.1, -0.05) is 25.1 Å². The quantitative estimate of drug-likeness (QED) is 0.814. The Morgan fingerprint density at radius 1 is 1.41 bits per heavy atom. The molecule has 1 spiro atoms. The third-order valence-corrected chi connectivity index (χ3v) is 6.64. The summed E-state index contributed by atoms with van der Waals surface area (Å²) >= 11 is 0. The number of carbonyl (C=O) groups excluding carboxylic acids is 1. The Bertz CT molecular complexity index is 804. The second-order valence-corrected chi connectivity index (χ2v) is 7.99. The van der Waals surface area contributed by atoms with E-state index in [2.05, 4.69) is 36.6 Å². The summed E-state index contributed by atoms with van der Waals surface area (Å²) in [6, 6.07) is 4.07. The predicted octanol–water partition coefficient (Wildman–Crippen LogP) is 3.54. The molecular formula is C22H26NO4. The van der Waals surface area contributed by atoms with Gasteiger partial charge >= 0.3 is 0 Å². The molecule has 1 fully saturated rings. The number of methoxy groups -OCH3 is 1. The molecule has 4 atom stereocenters. The van der Waals surface area contributed by atoms with Crippen molar-refractivity contribution in [2.45, 2.75) is 50.2 Å². The van der Waals surface area contributed by atoms with E-state index in [9.17, 15) is 4.79 Å². The number of Topliss-reactive ketones (excluding diaryl/α,β-unsaturated/α-hetero) is 1. The van der Waals surface area contributed by atoms with Crippen molar-refractivity contribution in [3.05, 3.63) is 41.8 Å². The first-order valence-corrected chi connectivity index (χ1v) is 10.0. The van der Waals surface area contributed by atoms with Crippen LogP contribution in [-0.4, -0.2) is 37.2 Å². The molecule has 1 aromatic carbocycles. The number of hydrogen-bond donors (Lipinski definition) is 0. The highest BCUT2D eigenvalue weighted by atomic mass is 16.7. The molecule has 0 bridgehead atoms. The van der Waals surface area contributed by atoms with Crippen LogP contribution in [0.25, 0.3) is 0 Å². The van der Waals surface area contributed by atoms with Crippen molar-refractivity contribution in [3.8, 4) is 11.5 Å². The van der Waals surface area contributed by atoms with Crippen LogP contribution in [0.3, 0.4) is 0 Å². The minimum Gasteiger partial charge on any atom is -0.493 e. The van der Waals surface area contributed by atoms with Crippen molar-refractivity contribution in [2.24, 2.45) is 5.92 Å². The van der Waals surface area contributed by atoms with E-state index in [4.69, 9.17) is 14.3 Å². The summed E-state index contributed by atoms with van der Waals surface area (Å²) in [7, 11) is 1.69. The minimum atomic E-state index is -0.167. The highest BCUT2D eigenvalue weighted by Gasteiger charge is 2.55. The van der Waals surface area contributed by atoms with Gasteiger partial charge in [0.1, 0.15) is 11.9 Å². The number of rotatable bonds is 4. The normalized spacial score (nSPS) is 33.6. The highest BCUT2D eigenvalue weighted by molar-refractivity contribution is 5.82. The standard InChI is InChI=1S/C22H26NO4/c1-3-6-16(24)15-13-26-23-12-11-22-10-5-4-7-18(22)27-21-17(25-2)9-8-14(19(21)22)20(15)23/h4-5,8-10,15,18,20H,3,6-7,11-13H2,1-2H3/t15?,18-,20+,22?/m1/s1. The monoisotopic (exact) mass is 368 g/mol. The number of hydroxylamine groups is 2. The van der Waals surface area contributed by atoms with Gasteiger partial charge in [0.05, 0.1) is 31.1 Å². The minimum absolute atomic E-state index is 0.0373. The Morgan fingerprint density at radius 3 is 3.11 bits per heavy atom. The highest BCUT2D eigenvalue weighted by Crippen LogP contribution is 2.58. The second-order valence-electron chi connectivity index (χ2n) is 7.99. The third-order valence-electron chi connectivity index (χ3n) is 6.64. The number of allylic oxidation sites excluding steroid dienone is 1. The zero-order valence-electron chi connectivity index (χ0n) is 15.9. The lowest BCUT2D eigenvalue weighted by molar-refractivity contribution is -0.134. The zero-order chi connectivity index (χ0) is 18.6. The van der Waals surface area contributed by atoms with Gasteiger partial charge in [-0.3, -0.25) is 9.63 Å². The Kier molecular flexibility index (Phi) is 4.06. The molecule has 1 aliphatic carbocycles. The lowest BCUT2D eigenvalue weighted by Crippen LogP contribution is -2.39. The number of carbonyl (C=O) groups is 1. The van der Waals surface area contributed by atoms with Gasteiger partial charge in [-0.2, -0.15) is 5.06 Å². The van der Waals surface area contributed by atoms with Crippen molar-refractivity contribution in [3.63, 3.8) is 0 Å². The molecule has 27 heavy (non-hydrogen) atoms. The van der Waals surface area contributed by atoms with Gasteiger partial charge in [0.15, 0.2) is 11.5 Å². The van der Waals surface area contributed by atoms with E-state index in [0.717, 1.165) is 37.3 Å². The molecule has 143 valence electrons. The van der Waals surface area contributed by atoms with Crippen LogP contribution in [0.5, 0.6) is 11.5 Å². The molecule has 5 rings (SSSR count). The van der Waals surface area contributed by atoms with Crippen molar-refractivity contribution in [2.75, 3.05) is 20.3 Å². The summed E-state index contributed by atoms with van der Waals surface area (Å²) in [5.74, 6) is 1.82. The number of nitrogens with zero attached hydrogens (tertiary/aromatic N) is 1. The van der Waals surface area contributed by atoms with Crippen LogP contribution in [0.15, 0.2) is 24.3 Å². The van der Waals surface area contributed by atoms with Crippen LogP contribution in [0.2, 0.25) is 0 Å². The number of hydrogen-bond acceptors (Lipinski definition) is 5. The Labute approximate surface area is 160 Å². The largest absolute Gasteiger partial charge is 0.493 e. The fourth-order valence-corrected chi connectivity index (χ4v) is 5.37. The number of ketones is 1. The number of ether oxygens (including phenoxy) is 2. The van der Waals surface area contributed by atoms with Crippen molar-refractivity contribution >= 4 is 5.78 Å². The molecule has 1 aromatic rings. The van der Waals surface area contributed by atoms with Gasteiger partial charge in [0.25, 0.3) is 0 Å². The smallest absolute Gasteiger partial charge is 0.166 e. The van der Waals surface area contributed by atoms with Crippen molar-refractivity contribution in [1.29, 1.82) is 0 Å². The third kappa shape index (κ3) is 2.34. The van der Waals surface area contributed by atoms with Gasteiger partial charge < -0.3 is 9.47 Å². The fourth-order valence-electron chi connectivity index (χ4n) is 5.37. The Hall–Kier alpha value is -1.85. The SMILES string of the molecule is CCCC(=O)C1CON2CCC34C=C[CH]C[C@H]3Oc3c(OC)ccc(c34)[C@@H]12. The first-order chi connectivity index (χ1) is 13.2. The fraction of sp³-hybridized carbons (Fsp3) is 0.545. The summed E-state index contributed by atoms with van der Waals surface area (Å²) < 4.78 is 12.1. The number of benzene rings is 1. The summed E-state index contributed by atoms with van der Waals surface area (Å²) in [6.45, 7) is 3.33. The second kappa shape index (κ2) is 6.35. The van der Waals surface area contributed by atoms with Crippen LogP contribution < -0.4 is 9.47 Å². The molecule has 1 radical (unpaired) electrons. The lowest BCUT2D eigenvalue weighted by atomic mass is 9.68. The molecule has 2 unspecified atom stereocenters. The van der Waals surface area contributed by atoms with E-state index in [1.54, 1.807) is 7.11 Å². The number of fused-ring (bicyclic) bond motifs is 2. The first kappa shape index (κ1) is 17.3. The van der Waals surface area contributed by atoms with Gasteiger partial charge in [-0.05, 0) is 37.3 Å². The Balaban J connectivity index is 1.69. The Morgan fingerprint density at radius 2 is 2.30 bits per heavy atom. The summed E-state index contributed by atoms with van der Waals surface area (Å²) in [5.41, 5.74) is 2.22. The molecule has 3 aliphatic heterocycles. The summed E-state index contributed by atoms with van der Waals surface area (Å²) in [4.78, 5) is 18.9. The van der Waals surface area contributed by atoms with Crippen LogP contribution in [0, 0.1) is 12.3 Å². The molecule has 5 nitrogen and oxygen atoms in total. The van der Waals surface area contributed by atoms with Crippen molar-refractivity contribution in [1.82, 2.24) is 5.06 Å². The molecule has 3 heterocycles. The van der Waals surface area contributed by atoms with Gasteiger partial charge in [-0.15, -0.1) is 0 Å². The molecule has 5 heteroatoms. The van der Waals surface area contributed by atoms with Gasteiger partial charge in [-0.25, -0.2) is 0 Å². The molecule has 0 aromatic heterocycles. The molecule has 0 amide bonds. The average molecular weight is 368 g/mol. The van der Waals surface area contributed by atoms with Crippen LogP contribution in [0.4, 0.5) is 0 Å². The van der Waals surface area contributed by atoms with E-state index in [1.807, 2.05) is 6.07 Å². The van der Waals surface area contributed by atoms with Crippen molar-refractivity contribution < 1.29 is 19.1 Å². The molecular weight excluding hydrogens is 342 g/mol. The molecule has 4 aliphatic rings. The van der Waals surface area contributed by atoms with Crippen LogP contribution in [-0.2, 0) is 15.0 Å². The maximum Gasteiger partial charge on any atom is 0.166 e. The maximum atomic E-state index is 12.8. The predicted molar refractivity (Wildman–Crippen MR) is 101 cm³/mol. The topological polar surface area (TPSA) is 48.0 Å². The molecule has 1 saturated heterocycles. The zero-order valence-corrected chi connectivity index (χ0v) is 15.9. The average Bonchev–Trinajstić information content (AvgIpc) is 3.22. The van der Waals surface area contributed by atoms with E-state index < -0.39 is 0 Å². The van der Waals surface area contributed by atoms with E-state index in [1.165, 1.54) is 11.1 Å². The molecule has 0 saturated carbocycles. The van der Waals surface area contributed by atoms with Crippen LogP contribution in [0.1, 0.15) is 49.8 Å². The van der Waals surface area contributed by atoms with Gasteiger partial charge in [0, 0.05) is 18.5 Å². The maximum absolute atomic E-state index is 12.8. The lowest BCUT2D eigenvalue weighted by Gasteiger charge is -2.34. The van der Waals surface area contributed by atoms with Gasteiger partial charge in [0.2, 0.25) is 0 Å². The van der Waals surface area contributed by atoms with E-state index >= 15 is 0 Å². The van der Waals surface area contributed by atoms with Crippen LogP contribution >= 0.6 is 0 Å². The summed E-state index contributed by atoms with van der Waals surface area (Å²) in [6.07, 6.45) is 9.99. The summed E-state index contributed by atoms with van der Waals surface area (Å²) in [5, 5.41) is 2.05. The first-order valence-electron chi connectivity index (χ1n) is 10.0. The van der Waals surface area contributed by atoms with E-state index in [0.29, 0.717) is 18.8 Å². The molecule has 0 N–H and O–H groups in total. The van der Waals surface area contributed by atoms with E-state index in [-0.39, 0.29) is 23.5 Å².